The van der Waals surface area contributed by atoms with Gasteiger partial charge in [0.1, 0.15) is 5.50 Å². The Hall–Kier alpha value is -1.16. The molecule has 0 fully saturated rings. The third-order valence-electron chi connectivity index (χ3n) is 2.13. The summed E-state index contributed by atoms with van der Waals surface area (Å²) in [6, 6.07) is 6.22. The van der Waals surface area contributed by atoms with E-state index in [2.05, 4.69) is 5.32 Å². The molecular weight excluding hydrogens is 227 g/mol. The maximum absolute atomic E-state index is 12.6. The highest BCUT2D eigenvalue weighted by Crippen LogP contribution is 2.40. The zero-order valence-electron chi connectivity index (χ0n) is 7.48. The number of anilines is 1. The van der Waals surface area contributed by atoms with E-state index in [4.69, 9.17) is 11.6 Å². The highest BCUT2D eigenvalue weighted by molar-refractivity contribution is 6.24. The molecule has 1 heterocycles. The van der Waals surface area contributed by atoms with Crippen molar-refractivity contribution in [3.8, 4) is 0 Å². The highest BCUT2D eigenvalue weighted by Gasteiger charge is 2.37. The molecule has 1 aromatic carbocycles. The number of nitrogens with one attached hydrogen (secondary N) is 1. The molecule has 1 nitrogen and oxygen atoms in total. The molecular formula is C10H7ClF3N. The number of alkyl halides is 4. The largest absolute Gasteiger partial charge is 0.416 e. The van der Waals surface area contributed by atoms with Crippen LogP contribution in [0.3, 0.4) is 0 Å². The van der Waals surface area contributed by atoms with E-state index >= 15 is 0 Å². The SMILES string of the molecule is FC(F)(F)C1=CC(Cl)Nc2ccccc21. The Balaban J connectivity index is 2.54. The average Bonchev–Trinajstić information content (AvgIpc) is 2.15. The van der Waals surface area contributed by atoms with Gasteiger partial charge in [-0.2, -0.15) is 13.2 Å². The Kier molecular flexibility index (Phi) is 2.38. The minimum absolute atomic E-state index is 0.141. The lowest BCUT2D eigenvalue weighted by molar-refractivity contribution is -0.0691. The number of rotatable bonds is 0. The van der Waals surface area contributed by atoms with Crippen molar-refractivity contribution in [3.05, 3.63) is 35.9 Å². The van der Waals surface area contributed by atoms with Gasteiger partial charge in [-0.3, -0.25) is 0 Å². The van der Waals surface area contributed by atoms with Gasteiger partial charge < -0.3 is 5.32 Å². The number of hydrogen-bond donors (Lipinski definition) is 1. The lowest BCUT2D eigenvalue weighted by Crippen LogP contribution is -2.22. The minimum atomic E-state index is -4.37. The van der Waals surface area contributed by atoms with Crippen LogP contribution in [0.15, 0.2) is 30.3 Å². The highest BCUT2D eigenvalue weighted by atomic mass is 35.5. The molecule has 2 rings (SSSR count). The maximum Gasteiger partial charge on any atom is 0.416 e. The molecule has 1 N–H and O–H groups in total. The van der Waals surface area contributed by atoms with Crippen molar-refractivity contribution in [2.45, 2.75) is 11.7 Å². The predicted octanol–water partition coefficient (Wildman–Crippen LogP) is 3.62. The van der Waals surface area contributed by atoms with E-state index in [-0.39, 0.29) is 5.56 Å². The summed E-state index contributed by atoms with van der Waals surface area (Å²) in [6.07, 6.45) is -3.39. The number of fused-ring (bicyclic) bond motifs is 1. The van der Waals surface area contributed by atoms with Crippen LogP contribution in [0.5, 0.6) is 0 Å². The zero-order chi connectivity index (χ0) is 11.1. The van der Waals surface area contributed by atoms with Crippen LogP contribution in [0.4, 0.5) is 18.9 Å². The van der Waals surface area contributed by atoms with Crippen molar-refractivity contribution in [2.75, 3.05) is 5.32 Å². The fourth-order valence-electron chi connectivity index (χ4n) is 1.52. The van der Waals surface area contributed by atoms with Gasteiger partial charge in [0.15, 0.2) is 0 Å². The Morgan fingerprint density at radius 1 is 1.20 bits per heavy atom. The molecule has 1 unspecified atom stereocenters. The van der Waals surface area contributed by atoms with Crippen LogP contribution in [0, 0.1) is 0 Å². The third kappa shape index (κ3) is 1.95. The first-order chi connectivity index (χ1) is 6.98. The van der Waals surface area contributed by atoms with Crippen LogP contribution in [0.1, 0.15) is 5.56 Å². The summed E-state index contributed by atoms with van der Waals surface area (Å²) >= 11 is 5.66. The van der Waals surface area contributed by atoms with E-state index in [1.807, 2.05) is 0 Å². The second-order valence-corrected chi connectivity index (χ2v) is 3.64. The summed E-state index contributed by atoms with van der Waals surface area (Å²) in [4.78, 5) is 0. The first-order valence-electron chi connectivity index (χ1n) is 4.27. The number of benzene rings is 1. The van der Waals surface area contributed by atoms with Gasteiger partial charge in [0.2, 0.25) is 0 Å². The van der Waals surface area contributed by atoms with Crippen LogP contribution in [-0.2, 0) is 0 Å². The minimum Gasteiger partial charge on any atom is -0.366 e. The van der Waals surface area contributed by atoms with Crippen LogP contribution in [0.2, 0.25) is 0 Å². The topological polar surface area (TPSA) is 12.0 Å². The Bertz CT molecular complexity index is 411. The zero-order valence-corrected chi connectivity index (χ0v) is 8.23. The van der Waals surface area contributed by atoms with Crippen molar-refractivity contribution in [2.24, 2.45) is 0 Å². The van der Waals surface area contributed by atoms with Gasteiger partial charge in [-0.05, 0) is 12.1 Å². The molecule has 1 aliphatic heterocycles. The Labute approximate surface area is 89.5 Å². The van der Waals surface area contributed by atoms with E-state index in [9.17, 15) is 13.2 Å². The molecule has 80 valence electrons. The van der Waals surface area contributed by atoms with Gasteiger partial charge in [0.25, 0.3) is 0 Å². The summed E-state index contributed by atoms with van der Waals surface area (Å²) < 4.78 is 37.9. The fraction of sp³-hybridized carbons (Fsp3) is 0.200. The molecule has 1 aliphatic rings. The Morgan fingerprint density at radius 2 is 1.87 bits per heavy atom. The van der Waals surface area contributed by atoms with Crippen LogP contribution in [-0.4, -0.2) is 11.7 Å². The second kappa shape index (κ2) is 3.45. The van der Waals surface area contributed by atoms with E-state index < -0.39 is 17.3 Å². The van der Waals surface area contributed by atoms with E-state index in [0.29, 0.717) is 5.69 Å². The maximum atomic E-state index is 12.6. The molecule has 0 saturated carbocycles. The van der Waals surface area contributed by atoms with Gasteiger partial charge in [-0.1, -0.05) is 29.8 Å². The molecule has 15 heavy (non-hydrogen) atoms. The molecule has 0 aromatic heterocycles. The van der Waals surface area contributed by atoms with Gasteiger partial charge in [0, 0.05) is 11.3 Å². The van der Waals surface area contributed by atoms with Crippen molar-refractivity contribution in [1.29, 1.82) is 0 Å². The predicted molar refractivity (Wildman–Crippen MR) is 53.7 cm³/mol. The number of para-hydroxylation sites is 1. The summed E-state index contributed by atoms with van der Waals surface area (Å²) in [5, 5.41) is 2.75. The normalized spacial score (nSPS) is 20.3. The molecule has 5 heteroatoms. The standard InChI is InChI=1S/C10H7ClF3N/c11-9-5-7(10(12,13)14)6-3-1-2-4-8(6)15-9/h1-5,9,15H. The molecule has 0 aliphatic carbocycles. The number of allylic oxidation sites excluding steroid dienone is 1. The van der Waals surface area contributed by atoms with Gasteiger partial charge in [0.05, 0.1) is 5.57 Å². The average molecular weight is 234 g/mol. The van der Waals surface area contributed by atoms with Crippen molar-refractivity contribution in [3.63, 3.8) is 0 Å². The number of halogens is 4. The van der Waals surface area contributed by atoms with E-state index in [0.717, 1.165) is 6.08 Å². The van der Waals surface area contributed by atoms with E-state index in [1.54, 1.807) is 18.2 Å². The lowest BCUT2D eigenvalue weighted by Gasteiger charge is -2.23. The van der Waals surface area contributed by atoms with Crippen LogP contribution >= 0.6 is 11.6 Å². The summed E-state index contributed by atoms with van der Waals surface area (Å²) in [7, 11) is 0. The smallest absolute Gasteiger partial charge is 0.366 e. The van der Waals surface area contributed by atoms with Crippen molar-refractivity contribution < 1.29 is 13.2 Å². The van der Waals surface area contributed by atoms with Crippen molar-refractivity contribution >= 4 is 22.9 Å². The van der Waals surface area contributed by atoms with Crippen LogP contribution < -0.4 is 5.32 Å². The molecule has 0 amide bonds. The van der Waals surface area contributed by atoms with Gasteiger partial charge in [-0.15, -0.1) is 0 Å². The quantitative estimate of drug-likeness (QED) is 0.533. The van der Waals surface area contributed by atoms with Crippen LogP contribution in [0.25, 0.3) is 5.57 Å². The van der Waals surface area contributed by atoms with E-state index in [1.165, 1.54) is 6.07 Å². The number of hydrogen-bond acceptors (Lipinski definition) is 1. The second-order valence-electron chi connectivity index (χ2n) is 3.17. The fourth-order valence-corrected chi connectivity index (χ4v) is 1.76. The molecule has 0 radical (unpaired) electrons. The first kappa shape index (κ1) is 10.4. The first-order valence-corrected chi connectivity index (χ1v) is 4.71. The molecule has 0 bridgehead atoms. The molecule has 0 saturated heterocycles. The summed E-state index contributed by atoms with van der Waals surface area (Å²) in [5.74, 6) is 0. The van der Waals surface area contributed by atoms with Gasteiger partial charge in [-0.25, -0.2) is 0 Å². The molecule has 0 spiro atoms. The summed E-state index contributed by atoms with van der Waals surface area (Å²) in [5.41, 5.74) is -0.956. The summed E-state index contributed by atoms with van der Waals surface area (Å²) in [6.45, 7) is 0. The molecule has 1 atom stereocenters. The van der Waals surface area contributed by atoms with Crippen molar-refractivity contribution in [1.82, 2.24) is 0 Å². The van der Waals surface area contributed by atoms with Gasteiger partial charge >= 0.3 is 6.18 Å². The monoisotopic (exact) mass is 233 g/mol. The molecule has 1 aromatic rings. The lowest BCUT2D eigenvalue weighted by atomic mass is 10.00. The third-order valence-corrected chi connectivity index (χ3v) is 2.36. The Morgan fingerprint density at radius 3 is 2.53 bits per heavy atom.